The van der Waals surface area contributed by atoms with Crippen LogP contribution < -0.4 is 9.47 Å². The Kier molecular flexibility index (Phi) is 4.15. The van der Waals surface area contributed by atoms with Gasteiger partial charge >= 0.3 is 5.97 Å². The lowest BCUT2D eigenvalue weighted by atomic mass is 9.98. The van der Waals surface area contributed by atoms with Crippen molar-refractivity contribution in [3.05, 3.63) is 47.0 Å². The Bertz CT molecular complexity index is 630. The van der Waals surface area contributed by atoms with Crippen molar-refractivity contribution < 1.29 is 19.4 Å². The predicted molar refractivity (Wildman–Crippen MR) is 77.0 cm³/mol. The van der Waals surface area contributed by atoms with Gasteiger partial charge in [-0.1, -0.05) is 17.7 Å². The van der Waals surface area contributed by atoms with Gasteiger partial charge in [-0.15, -0.1) is 0 Å². The average Bonchev–Trinajstić information content (AvgIpc) is 2.45. The molecule has 104 valence electrons. The fourth-order valence-electron chi connectivity index (χ4n) is 2.03. The number of halogens is 1. The van der Waals surface area contributed by atoms with E-state index < -0.39 is 5.97 Å². The van der Waals surface area contributed by atoms with E-state index in [1.54, 1.807) is 24.3 Å². The SMILES string of the molecule is COc1cccc(OC)c1-c1cc(Cl)ccc1C(=O)O. The van der Waals surface area contributed by atoms with E-state index in [1.165, 1.54) is 26.4 Å². The third kappa shape index (κ3) is 2.56. The zero-order chi connectivity index (χ0) is 14.7. The molecule has 20 heavy (non-hydrogen) atoms. The lowest BCUT2D eigenvalue weighted by molar-refractivity contribution is 0.0698. The molecule has 0 saturated heterocycles. The maximum Gasteiger partial charge on any atom is 0.336 e. The number of hydrogen-bond acceptors (Lipinski definition) is 3. The predicted octanol–water partition coefficient (Wildman–Crippen LogP) is 3.72. The summed E-state index contributed by atoms with van der Waals surface area (Å²) in [5.74, 6) is 0.00728. The van der Waals surface area contributed by atoms with Gasteiger partial charge in [-0.3, -0.25) is 0 Å². The molecule has 0 radical (unpaired) electrons. The largest absolute Gasteiger partial charge is 0.496 e. The second-order valence-corrected chi connectivity index (χ2v) is 4.47. The number of hydrogen-bond donors (Lipinski definition) is 1. The Morgan fingerprint density at radius 2 is 1.70 bits per heavy atom. The van der Waals surface area contributed by atoms with Crippen molar-refractivity contribution in [2.75, 3.05) is 14.2 Å². The van der Waals surface area contributed by atoms with Gasteiger partial charge in [0.05, 0.1) is 25.3 Å². The first kappa shape index (κ1) is 14.2. The van der Waals surface area contributed by atoms with E-state index in [0.717, 1.165) is 0 Å². The van der Waals surface area contributed by atoms with Crippen molar-refractivity contribution in [3.8, 4) is 22.6 Å². The number of carboxylic acids is 1. The summed E-state index contributed by atoms with van der Waals surface area (Å²) in [6.07, 6.45) is 0. The summed E-state index contributed by atoms with van der Waals surface area (Å²) in [7, 11) is 3.03. The normalized spacial score (nSPS) is 10.2. The summed E-state index contributed by atoms with van der Waals surface area (Å²) in [4.78, 5) is 11.4. The fourth-order valence-corrected chi connectivity index (χ4v) is 2.20. The molecule has 0 spiro atoms. The van der Waals surface area contributed by atoms with Gasteiger partial charge in [-0.25, -0.2) is 4.79 Å². The standard InChI is InChI=1S/C15H13ClO4/c1-19-12-4-3-5-13(20-2)14(12)11-8-9(16)6-7-10(11)15(17)18/h3-8H,1-2H3,(H,17,18). The van der Waals surface area contributed by atoms with Crippen LogP contribution in [0.3, 0.4) is 0 Å². The quantitative estimate of drug-likeness (QED) is 0.933. The molecule has 0 aliphatic carbocycles. The molecule has 0 amide bonds. The van der Waals surface area contributed by atoms with Gasteiger partial charge < -0.3 is 14.6 Å². The van der Waals surface area contributed by atoms with Gasteiger partial charge in [0.25, 0.3) is 0 Å². The van der Waals surface area contributed by atoms with Crippen LogP contribution in [0.1, 0.15) is 10.4 Å². The number of carbonyl (C=O) groups is 1. The van der Waals surface area contributed by atoms with E-state index in [0.29, 0.717) is 27.6 Å². The molecule has 0 atom stereocenters. The molecular weight excluding hydrogens is 280 g/mol. The molecule has 5 heteroatoms. The fraction of sp³-hybridized carbons (Fsp3) is 0.133. The van der Waals surface area contributed by atoms with Crippen LogP contribution >= 0.6 is 11.6 Å². The van der Waals surface area contributed by atoms with Crippen LogP contribution in [0, 0.1) is 0 Å². The number of methoxy groups -OCH3 is 2. The Balaban J connectivity index is 2.79. The second-order valence-electron chi connectivity index (χ2n) is 4.03. The summed E-state index contributed by atoms with van der Waals surface area (Å²) in [5.41, 5.74) is 1.16. The van der Waals surface area contributed by atoms with E-state index >= 15 is 0 Å². The number of rotatable bonds is 4. The third-order valence-electron chi connectivity index (χ3n) is 2.91. The molecule has 0 heterocycles. The van der Waals surface area contributed by atoms with Crippen molar-refractivity contribution in [1.82, 2.24) is 0 Å². The molecule has 2 aromatic rings. The molecule has 0 aliphatic rings. The van der Waals surface area contributed by atoms with E-state index in [-0.39, 0.29) is 5.56 Å². The maximum atomic E-state index is 11.4. The number of benzene rings is 2. The first-order valence-electron chi connectivity index (χ1n) is 5.82. The topological polar surface area (TPSA) is 55.8 Å². The van der Waals surface area contributed by atoms with E-state index in [1.807, 2.05) is 0 Å². The summed E-state index contributed by atoms with van der Waals surface area (Å²) in [5, 5.41) is 9.76. The van der Waals surface area contributed by atoms with Crippen molar-refractivity contribution in [2.24, 2.45) is 0 Å². The van der Waals surface area contributed by atoms with Crippen LogP contribution in [0.15, 0.2) is 36.4 Å². The number of ether oxygens (including phenoxy) is 2. The van der Waals surface area contributed by atoms with Crippen LogP contribution in [0.4, 0.5) is 0 Å². The molecule has 2 aromatic carbocycles. The molecule has 2 rings (SSSR count). The van der Waals surface area contributed by atoms with Crippen molar-refractivity contribution in [1.29, 1.82) is 0 Å². The Labute approximate surface area is 121 Å². The van der Waals surface area contributed by atoms with Crippen molar-refractivity contribution >= 4 is 17.6 Å². The first-order chi connectivity index (χ1) is 9.58. The highest BCUT2D eigenvalue weighted by atomic mass is 35.5. The van der Waals surface area contributed by atoms with Gasteiger partial charge in [-0.05, 0) is 30.3 Å². The summed E-state index contributed by atoms with van der Waals surface area (Å²) < 4.78 is 10.6. The maximum absolute atomic E-state index is 11.4. The van der Waals surface area contributed by atoms with Crippen LogP contribution in [0.25, 0.3) is 11.1 Å². The number of carboxylic acid groups (broad SMARTS) is 1. The Morgan fingerprint density at radius 1 is 1.10 bits per heavy atom. The minimum Gasteiger partial charge on any atom is -0.496 e. The van der Waals surface area contributed by atoms with Gasteiger partial charge in [0.1, 0.15) is 11.5 Å². The Hall–Kier alpha value is -2.20. The van der Waals surface area contributed by atoms with Crippen LogP contribution in [0.5, 0.6) is 11.5 Å². The van der Waals surface area contributed by atoms with Crippen molar-refractivity contribution in [3.63, 3.8) is 0 Å². The van der Waals surface area contributed by atoms with Crippen LogP contribution in [0.2, 0.25) is 5.02 Å². The molecule has 0 aliphatic heterocycles. The molecule has 0 unspecified atom stereocenters. The van der Waals surface area contributed by atoms with Gasteiger partial charge in [0.2, 0.25) is 0 Å². The molecule has 0 fully saturated rings. The van der Waals surface area contributed by atoms with Gasteiger partial charge in [0, 0.05) is 10.6 Å². The first-order valence-corrected chi connectivity index (χ1v) is 6.20. The molecule has 0 bridgehead atoms. The summed E-state index contributed by atoms with van der Waals surface area (Å²) >= 11 is 5.99. The smallest absolute Gasteiger partial charge is 0.336 e. The van der Waals surface area contributed by atoms with Gasteiger partial charge in [-0.2, -0.15) is 0 Å². The summed E-state index contributed by atoms with van der Waals surface area (Å²) in [6, 6.07) is 9.84. The zero-order valence-electron chi connectivity index (χ0n) is 11.0. The number of aromatic carboxylic acids is 1. The molecule has 0 saturated carbocycles. The lowest BCUT2D eigenvalue weighted by Crippen LogP contribution is -2.01. The van der Waals surface area contributed by atoms with E-state index in [9.17, 15) is 9.90 Å². The second kappa shape index (κ2) is 5.84. The molecule has 0 aromatic heterocycles. The zero-order valence-corrected chi connectivity index (χ0v) is 11.8. The Morgan fingerprint density at radius 3 is 2.20 bits per heavy atom. The minimum atomic E-state index is -1.04. The van der Waals surface area contributed by atoms with E-state index in [2.05, 4.69) is 0 Å². The van der Waals surface area contributed by atoms with Crippen molar-refractivity contribution in [2.45, 2.75) is 0 Å². The average molecular weight is 293 g/mol. The highest BCUT2D eigenvalue weighted by Crippen LogP contribution is 2.40. The summed E-state index contributed by atoms with van der Waals surface area (Å²) in [6.45, 7) is 0. The molecule has 1 N–H and O–H groups in total. The van der Waals surface area contributed by atoms with Crippen LogP contribution in [-0.4, -0.2) is 25.3 Å². The highest BCUT2D eigenvalue weighted by molar-refractivity contribution is 6.31. The lowest BCUT2D eigenvalue weighted by Gasteiger charge is -2.15. The minimum absolute atomic E-state index is 0.136. The third-order valence-corrected chi connectivity index (χ3v) is 3.14. The van der Waals surface area contributed by atoms with E-state index in [4.69, 9.17) is 21.1 Å². The van der Waals surface area contributed by atoms with Gasteiger partial charge in [0.15, 0.2) is 0 Å². The van der Waals surface area contributed by atoms with Crippen LogP contribution in [-0.2, 0) is 0 Å². The monoisotopic (exact) mass is 292 g/mol. The molecular formula is C15H13ClO4. The molecule has 4 nitrogen and oxygen atoms in total. The highest BCUT2D eigenvalue weighted by Gasteiger charge is 2.19.